The first kappa shape index (κ1) is 14.8. The van der Waals surface area contributed by atoms with Crippen LogP contribution in [0.2, 0.25) is 0 Å². The molecule has 0 spiro atoms. The molecule has 0 rings (SSSR count). The predicted molar refractivity (Wildman–Crippen MR) is 57.1 cm³/mol. The van der Waals surface area contributed by atoms with Crippen molar-refractivity contribution in [1.82, 2.24) is 0 Å². The van der Waals surface area contributed by atoms with Crippen LogP contribution in [0.1, 0.15) is 39.0 Å². The lowest BCUT2D eigenvalue weighted by Crippen LogP contribution is -2.18. The molecule has 0 unspecified atom stereocenters. The summed E-state index contributed by atoms with van der Waals surface area (Å²) in [6, 6.07) is 0. The van der Waals surface area contributed by atoms with Gasteiger partial charge in [0.2, 0.25) is 0 Å². The zero-order valence-electron chi connectivity index (χ0n) is 8.90. The molecule has 0 saturated heterocycles. The van der Waals surface area contributed by atoms with Gasteiger partial charge in [-0.15, -0.1) is 0 Å². The van der Waals surface area contributed by atoms with Crippen LogP contribution < -0.4 is 0 Å². The molecule has 0 bridgehead atoms. The van der Waals surface area contributed by atoms with E-state index in [1.807, 2.05) is 0 Å². The average molecular weight is 242 g/mol. The second-order valence-electron chi connectivity index (χ2n) is 3.37. The fraction of sp³-hybridized carbons (Fsp3) is 0.900. The Morgan fingerprint density at radius 3 is 2.47 bits per heavy atom. The maximum atomic E-state index is 12.4. The minimum atomic E-state index is -3.16. The van der Waals surface area contributed by atoms with Crippen LogP contribution in [-0.4, -0.2) is 23.5 Å². The van der Waals surface area contributed by atoms with Crippen LogP contribution in [0.4, 0.5) is 13.2 Å². The highest BCUT2D eigenvalue weighted by atomic mass is 32.2. The lowest BCUT2D eigenvalue weighted by atomic mass is 10.1. The summed E-state index contributed by atoms with van der Waals surface area (Å²) in [6.45, 7) is 0.215. The van der Waals surface area contributed by atoms with Crippen molar-refractivity contribution in [2.75, 3.05) is 12.4 Å². The summed E-state index contributed by atoms with van der Waals surface area (Å²) in [7, 11) is 0. The van der Waals surface area contributed by atoms with E-state index >= 15 is 0 Å². The molecule has 0 saturated carbocycles. The van der Waals surface area contributed by atoms with Crippen LogP contribution in [0, 0.1) is 0 Å². The summed E-state index contributed by atoms with van der Waals surface area (Å²) >= 11 is 1.24. The van der Waals surface area contributed by atoms with Gasteiger partial charge in [0.15, 0.2) is 11.8 Å². The molecule has 15 heavy (non-hydrogen) atoms. The summed E-state index contributed by atoms with van der Waals surface area (Å²) in [5, 5.41) is 0.129. The number of carbonyl (C=O) groups excluding carboxylic acids is 1. The Bertz CT molecular complexity index is 186. The largest absolute Gasteiger partial charge is 0.287 e. The normalized spacial score (nSPS) is 11.7. The molecule has 0 fully saturated rings. The van der Waals surface area contributed by atoms with E-state index in [4.69, 9.17) is 0 Å². The molecule has 90 valence electrons. The molecule has 0 heterocycles. The van der Waals surface area contributed by atoms with Crippen LogP contribution in [0.5, 0.6) is 0 Å². The molecule has 0 radical (unpaired) electrons. The fourth-order valence-corrected chi connectivity index (χ4v) is 1.80. The van der Waals surface area contributed by atoms with E-state index in [1.165, 1.54) is 11.8 Å². The molecule has 5 heteroatoms. The maximum absolute atomic E-state index is 12.4. The van der Waals surface area contributed by atoms with E-state index in [-0.39, 0.29) is 5.12 Å². The number of thioether (sulfide) groups is 1. The number of hydrogen-bond donors (Lipinski definition) is 0. The molecule has 0 aliphatic rings. The van der Waals surface area contributed by atoms with E-state index in [0.717, 1.165) is 6.42 Å². The molecular formula is C10H17F3OS. The Balaban J connectivity index is 3.29. The topological polar surface area (TPSA) is 17.1 Å². The number of hydrogen-bond acceptors (Lipinski definition) is 2. The van der Waals surface area contributed by atoms with Gasteiger partial charge < -0.3 is 0 Å². The summed E-state index contributed by atoms with van der Waals surface area (Å²) in [6.07, 6.45) is 1.79. The Hall–Kier alpha value is -0.190. The predicted octanol–water partition coefficient (Wildman–Crippen LogP) is 3.82. The fourth-order valence-electron chi connectivity index (χ4n) is 1.02. The van der Waals surface area contributed by atoms with Crippen molar-refractivity contribution in [3.63, 3.8) is 0 Å². The maximum Gasteiger partial charge on any atom is 0.275 e. The molecule has 0 aromatic carbocycles. The zero-order chi connectivity index (χ0) is 11.7. The molecule has 0 N–H and O–H groups in total. The van der Waals surface area contributed by atoms with Gasteiger partial charge in [-0.1, -0.05) is 25.1 Å². The van der Waals surface area contributed by atoms with Crippen molar-refractivity contribution in [3.8, 4) is 0 Å². The number of halogens is 3. The highest BCUT2D eigenvalue weighted by molar-refractivity contribution is 8.13. The number of alkyl halides is 3. The van der Waals surface area contributed by atoms with Crippen LogP contribution in [0.15, 0.2) is 0 Å². The molecule has 0 aliphatic carbocycles. The summed E-state index contributed by atoms with van der Waals surface area (Å²) in [4.78, 5) is 10.8. The summed E-state index contributed by atoms with van der Waals surface area (Å²) in [5.74, 6) is -2.49. The first-order chi connectivity index (χ1) is 7.02. The minimum Gasteiger partial charge on any atom is -0.287 e. The van der Waals surface area contributed by atoms with Gasteiger partial charge >= 0.3 is 0 Å². The summed E-state index contributed by atoms with van der Waals surface area (Å²) < 4.78 is 36.5. The Labute approximate surface area is 92.8 Å². The number of unbranched alkanes of at least 4 members (excludes halogenated alkanes) is 2. The monoisotopic (exact) mass is 242 g/mol. The molecular weight excluding hydrogens is 225 g/mol. The molecule has 0 atom stereocenters. The van der Waals surface area contributed by atoms with Crippen LogP contribution in [0.3, 0.4) is 0 Å². The molecule has 0 amide bonds. The van der Waals surface area contributed by atoms with Gasteiger partial charge in [0, 0.05) is 18.6 Å². The molecule has 0 aromatic heterocycles. The van der Waals surface area contributed by atoms with Gasteiger partial charge in [-0.25, -0.2) is 13.2 Å². The van der Waals surface area contributed by atoms with Crippen molar-refractivity contribution >= 4 is 16.9 Å². The summed E-state index contributed by atoms with van der Waals surface area (Å²) in [5.41, 5.74) is 0. The zero-order valence-corrected chi connectivity index (χ0v) is 9.72. The average Bonchev–Trinajstić information content (AvgIpc) is 2.22. The van der Waals surface area contributed by atoms with Gasteiger partial charge in [0.25, 0.3) is 5.92 Å². The lowest BCUT2D eigenvalue weighted by Gasteiger charge is -2.10. The Kier molecular flexibility index (Phi) is 7.92. The smallest absolute Gasteiger partial charge is 0.275 e. The van der Waals surface area contributed by atoms with Crippen LogP contribution in [-0.2, 0) is 4.79 Å². The van der Waals surface area contributed by atoms with Crippen molar-refractivity contribution in [2.24, 2.45) is 0 Å². The van der Waals surface area contributed by atoms with Gasteiger partial charge in [0.1, 0.15) is 0 Å². The Morgan fingerprint density at radius 2 is 1.93 bits per heavy atom. The van der Waals surface area contributed by atoms with E-state index in [2.05, 4.69) is 0 Å². The van der Waals surface area contributed by atoms with Gasteiger partial charge in [0.05, 0.1) is 0 Å². The van der Waals surface area contributed by atoms with Crippen molar-refractivity contribution in [1.29, 1.82) is 0 Å². The Morgan fingerprint density at radius 1 is 1.27 bits per heavy atom. The standard InChI is InChI=1S/C10H17F3OS/c1-2-9(14)15-7-5-3-4-6-10(12,13)8-11/h2-8H2,1H3. The van der Waals surface area contributed by atoms with Gasteiger partial charge in [-0.2, -0.15) is 0 Å². The highest BCUT2D eigenvalue weighted by Crippen LogP contribution is 2.22. The minimum absolute atomic E-state index is 0.129. The van der Waals surface area contributed by atoms with E-state index in [1.54, 1.807) is 6.92 Å². The van der Waals surface area contributed by atoms with Gasteiger partial charge in [-0.05, 0) is 12.8 Å². The number of rotatable bonds is 8. The molecule has 1 nitrogen and oxygen atoms in total. The van der Waals surface area contributed by atoms with E-state index in [9.17, 15) is 18.0 Å². The molecule has 0 aromatic rings. The van der Waals surface area contributed by atoms with Gasteiger partial charge in [-0.3, -0.25) is 4.79 Å². The van der Waals surface area contributed by atoms with Crippen molar-refractivity contribution in [3.05, 3.63) is 0 Å². The third kappa shape index (κ3) is 8.78. The van der Waals surface area contributed by atoms with E-state index < -0.39 is 19.0 Å². The first-order valence-electron chi connectivity index (χ1n) is 5.11. The van der Waals surface area contributed by atoms with Crippen LogP contribution >= 0.6 is 11.8 Å². The lowest BCUT2D eigenvalue weighted by molar-refractivity contribution is -0.110. The number of carbonyl (C=O) groups is 1. The van der Waals surface area contributed by atoms with Crippen LogP contribution in [0.25, 0.3) is 0 Å². The second kappa shape index (κ2) is 8.02. The molecule has 0 aliphatic heterocycles. The SMILES string of the molecule is CCC(=O)SCCCCCC(F)(F)CF. The highest BCUT2D eigenvalue weighted by Gasteiger charge is 2.27. The van der Waals surface area contributed by atoms with Crippen molar-refractivity contribution < 1.29 is 18.0 Å². The second-order valence-corrected chi connectivity index (χ2v) is 4.53. The van der Waals surface area contributed by atoms with Crippen molar-refractivity contribution in [2.45, 2.75) is 45.0 Å². The third-order valence-corrected chi connectivity index (χ3v) is 3.04. The van der Waals surface area contributed by atoms with E-state index in [0.29, 0.717) is 25.0 Å². The first-order valence-corrected chi connectivity index (χ1v) is 6.10. The third-order valence-electron chi connectivity index (χ3n) is 1.93. The quantitative estimate of drug-likeness (QED) is 0.602.